The monoisotopic (exact) mass is 373 g/mol. The summed E-state index contributed by atoms with van der Waals surface area (Å²) in [6.07, 6.45) is 0. The number of thioether (sulfide) groups is 2. The van der Waals surface area contributed by atoms with Gasteiger partial charge in [0.2, 0.25) is 5.91 Å². The number of amides is 1. The molecular formula is C14H10F3N3O2S2. The number of aromatic nitrogens is 2. The Morgan fingerprint density at radius 3 is 2.88 bits per heavy atom. The molecule has 0 bridgehead atoms. The van der Waals surface area contributed by atoms with Gasteiger partial charge in [-0.25, -0.2) is 18.2 Å². The van der Waals surface area contributed by atoms with Crippen LogP contribution in [0.3, 0.4) is 0 Å². The van der Waals surface area contributed by atoms with Crippen LogP contribution in [-0.2, 0) is 16.3 Å². The zero-order valence-corrected chi connectivity index (χ0v) is 13.6. The standard InChI is InChI=1S/C14H10F3N3O2S2/c15-7-1-2-8(12(17)11(7)16)18-10(21)5-24-14-19-9-4-23-3-6(9)13(22)20-14/h1-2H,3-5H2,(H,18,21)(H,19,20,22). The van der Waals surface area contributed by atoms with E-state index in [-0.39, 0.29) is 16.5 Å². The second-order valence-corrected chi connectivity index (χ2v) is 6.80. The molecule has 24 heavy (non-hydrogen) atoms. The maximum absolute atomic E-state index is 13.5. The highest BCUT2D eigenvalue weighted by Crippen LogP contribution is 2.27. The van der Waals surface area contributed by atoms with Crippen molar-refractivity contribution in [1.82, 2.24) is 9.97 Å². The summed E-state index contributed by atoms with van der Waals surface area (Å²) in [7, 11) is 0. The number of carbonyl (C=O) groups is 1. The topological polar surface area (TPSA) is 74.8 Å². The van der Waals surface area contributed by atoms with Gasteiger partial charge in [-0.2, -0.15) is 11.8 Å². The molecule has 10 heteroatoms. The van der Waals surface area contributed by atoms with E-state index in [0.29, 0.717) is 22.8 Å². The van der Waals surface area contributed by atoms with Gasteiger partial charge in [0.25, 0.3) is 5.56 Å². The summed E-state index contributed by atoms with van der Waals surface area (Å²) in [5.41, 5.74) is 0.641. The van der Waals surface area contributed by atoms with Crippen LogP contribution >= 0.6 is 23.5 Å². The highest BCUT2D eigenvalue weighted by Gasteiger charge is 2.19. The largest absolute Gasteiger partial charge is 0.323 e. The molecule has 0 aliphatic carbocycles. The van der Waals surface area contributed by atoms with Gasteiger partial charge in [0.15, 0.2) is 22.6 Å². The molecule has 126 valence electrons. The molecule has 0 saturated heterocycles. The predicted molar refractivity (Wildman–Crippen MR) is 85.5 cm³/mol. The van der Waals surface area contributed by atoms with Gasteiger partial charge in [-0.05, 0) is 12.1 Å². The average molecular weight is 373 g/mol. The van der Waals surface area contributed by atoms with E-state index in [2.05, 4.69) is 15.3 Å². The number of nitrogens with one attached hydrogen (secondary N) is 2. The molecule has 1 aromatic heterocycles. The first kappa shape index (κ1) is 16.9. The number of anilines is 1. The van der Waals surface area contributed by atoms with Crippen LogP contribution < -0.4 is 10.9 Å². The van der Waals surface area contributed by atoms with E-state index in [1.54, 1.807) is 11.8 Å². The Balaban J connectivity index is 1.65. The summed E-state index contributed by atoms with van der Waals surface area (Å²) in [5.74, 6) is -4.01. The number of carbonyl (C=O) groups excluding carboxylic acids is 1. The van der Waals surface area contributed by atoms with Gasteiger partial charge in [0.05, 0.1) is 17.1 Å². The molecule has 3 rings (SSSR count). The van der Waals surface area contributed by atoms with E-state index in [9.17, 15) is 22.8 Å². The van der Waals surface area contributed by atoms with Crippen molar-refractivity contribution in [2.75, 3.05) is 11.1 Å². The van der Waals surface area contributed by atoms with Crippen molar-refractivity contribution < 1.29 is 18.0 Å². The maximum Gasteiger partial charge on any atom is 0.255 e. The fraction of sp³-hybridized carbons (Fsp3) is 0.214. The predicted octanol–water partition coefficient (Wildman–Crippen LogP) is 2.66. The molecule has 1 aromatic carbocycles. The van der Waals surface area contributed by atoms with Crippen molar-refractivity contribution in [3.63, 3.8) is 0 Å². The van der Waals surface area contributed by atoms with Gasteiger partial charge in [-0.3, -0.25) is 9.59 Å². The molecule has 5 nitrogen and oxygen atoms in total. The van der Waals surface area contributed by atoms with Crippen molar-refractivity contribution in [3.05, 3.63) is 51.2 Å². The minimum Gasteiger partial charge on any atom is -0.323 e. The lowest BCUT2D eigenvalue weighted by molar-refractivity contribution is -0.113. The number of hydrogen-bond donors (Lipinski definition) is 2. The van der Waals surface area contributed by atoms with Crippen LogP contribution in [0, 0.1) is 17.5 Å². The summed E-state index contributed by atoms with van der Waals surface area (Å²) < 4.78 is 39.4. The van der Waals surface area contributed by atoms with Crippen LogP contribution in [0.2, 0.25) is 0 Å². The molecule has 1 amide bonds. The number of benzene rings is 1. The first-order valence-electron chi connectivity index (χ1n) is 6.71. The Kier molecular flexibility index (Phi) is 4.86. The number of H-pyrrole nitrogens is 1. The zero-order chi connectivity index (χ0) is 17.3. The first-order valence-corrected chi connectivity index (χ1v) is 8.85. The summed E-state index contributed by atoms with van der Waals surface area (Å²) >= 11 is 2.54. The normalized spacial score (nSPS) is 13.0. The summed E-state index contributed by atoms with van der Waals surface area (Å²) in [6.45, 7) is 0. The highest BCUT2D eigenvalue weighted by atomic mass is 32.2. The number of halogens is 3. The molecule has 1 aliphatic rings. The lowest BCUT2D eigenvalue weighted by Crippen LogP contribution is -2.18. The van der Waals surface area contributed by atoms with Crippen molar-refractivity contribution >= 4 is 35.1 Å². The van der Waals surface area contributed by atoms with Gasteiger partial charge >= 0.3 is 0 Å². The highest BCUT2D eigenvalue weighted by molar-refractivity contribution is 7.99. The van der Waals surface area contributed by atoms with Crippen molar-refractivity contribution in [3.8, 4) is 0 Å². The molecule has 1 aliphatic heterocycles. The maximum atomic E-state index is 13.5. The third-order valence-corrected chi connectivity index (χ3v) is 5.06. The Bertz CT molecular complexity index is 873. The fourth-order valence-electron chi connectivity index (χ4n) is 2.05. The number of nitrogens with zero attached hydrogens (tertiary/aromatic N) is 1. The fourth-order valence-corrected chi connectivity index (χ4v) is 3.77. The molecule has 2 aromatic rings. The Labute approximate surface area is 142 Å². The lowest BCUT2D eigenvalue weighted by atomic mass is 10.3. The summed E-state index contributed by atoms with van der Waals surface area (Å²) in [5, 5.41) is 2.43. The van der Waals surface area contributed by atoms with Crippen LogP contribution in [0.25, 0.3) is 0 Å². The second-order valence-electron chi connectivity index (χ2n) is 4.85. The minimum absolute atomic E-state index is 0.173. The number of hydrogen-bond acceptors (Lipinski definition) is 5. The van der Waals surface area contributed by atoms with Gasteiger partial charge in [0.1, 0.15) is 0 Å². The lowest BCUT2D eigenvalue weighted by Gasteiger charge is -2.07. The minimum atomic E-state index is -1.65. The molecule has 0 radical (unpaired) electrons. The number of rotatable bonds is 4. The van der Waals surface area contributed by atoms with E-state index in [0.717, 1.165) is 23.9 Å². The molecule has 0 unspecified atom stereocenters. The molecule has 2 heterocycles. The molecule has 0 fully saturated rings. The van der Waals surface area contributed by atoms with Crippen molar-refractivity contribution in [2.24, 2.45) is 0 Å². The van der Waals surface area contributed by atoms with Crippen LogP contribution in [0.1, 0.15) is 11.3 Å². The van der Waals surface area contributed by atoms with Gasteiger partial charge in [-0.15, -0.1) is 0 Å². The number of aromatic amines is 1. The van der Waals surface area contributed by atoms with Crippen LogP contribution in [-0.4, -0.2) is 21.6 Å². The SMILES string of the molecule is O=C(CSc1nc2c(c(=O)[nH]1)CSC2)Nc1ccc(F)c(F)c1F. The van der Waals surface area contributed by atoms with E-state index >= 15 is 0 Å². The quantitative estimate of drug-likeness (QED) is 0.490. The third kappa shape index (κ3) is 3.44. The first-order chi connectivity index (χ1) is 11.5. The van der Waals surface area contributed by atoms with Crippen molar-refractivity contribution in [2.45, 2.75) is 16.7 Å². The van der Waals surface area contributed by atoms with E-state index in [1.165, 1.54) is 0 Å². The van der Waals surface area contributed by atoms with Crippen molar-refractivity contribution in [1.29, 1.82) is 0 Å². The van der Waals surface area contributed by atoms with Crippen LogP contribution in [0.15, 0.2) is 22.1 Å². The van der Waals surface area contributed by atoms with Gasteiger partial charge in [-0.1, -0.05) is 11.8 Å². The zero-order valence-electron chi connectivity index (χ0n) is 12.0. The second kappa shape index (κ2) is 6.89. The molecule has 0 saturated carbocycles. The molecule has 0 spiro atoms. The summed E-state index contributed by atoms with van der Waals surface area (Å²) in [4.78, 5) is 30.5. The summed E-state index contributed by atoms with van der Waals surface area (Å²) in [6, 6.07) is 1.65. The Hall–Kier alpha value is -1.94. The molecular weight excluding hydrogens is 363 g/mol. The van der Waals surface area contributed by atoms with Crippen LogP contribution in [0.4, 0.5) is 18.9 Å². The van der Waals surface area contributed by atoms with E-state index in [1.807, 2.05) is 0 Å². The molecule has 2 N–H and O–H groups in total. The Morgan fingerprint density at radius 1 is 1.29 bits per heavy atom. The molecule has 0 atom stereocenters. The van der Waals surface area contributed by atoms with E-state index in [4.69, 9.17) is 0 Å². The third-order valence-electron chi connectivity index (χ3n) is 3.21. The number of fused-ring (bicyclic) bond motifs is 1. The smallest absolute Gasteiger partial charge is 0.255 e. The van der Waals surface area contributed by atoms with Gasteiger partial charge < -0.3 is 10.3 Å². The average Bonchev–Trinajstić information content (AvgIpc) is 3.03. The Morgan fingerprint density at radius 2 is 2.08 bits per heavy atom. The van der Waals surface area contributed by atoms with Gasteiger partial charge in [0, 0.05) is 17.1 Å². The van der Waals surface area contributed by atoms with E-state index < -0.39 is 29.0 Å². The van der Waals surface area contributed by atoms with Crippen LogP contribution in [0.5, 0.6) is 0 Å².